The largest absolute Gasteiger partial charge is 0.493 e. The average Bonchev–Trinajstić information content (AvgIpc) is 2.66. The highest BCUT2D eigenvalue weighted by Gasteiger charge is 2.32. The van der Waals surface area contributed by atoms with Gasteiger partial charge in [-0.1, -0.05) is 18.2 Å². The number of carbonyl (C=O) groups is 1. The topological polar surface area (TPSA) is 60.0 Å². The maximum Gasteiger partial charge on any atom is 0.257 e. The van der Waals surface area contributed by atoms with Crippen molar-refractivity contribution in [3.8, 4) is 11.5 Å². The molecule has 3 rings (SSSR count). The van der Waals surface area contributed by atoms with Gasteiger partial charge in [-0.05, 0) is 29.8 Å². The van der Waals surface area contributed by atoms with Gasteiger partial charge in [0.1, 0.15) is 6.17 Å². The molecule has 1 aliphatic heterocycles. The number of benzene rings is 2. The van der Waals surface area contributed by atoms with Gasteiger partial charge in [0.25, 0.3) is 5.91 Å². The van der Waals surface area contributed by atoms with Gasteiger partial charge in [0.15, 0.2) is 11.5 Å². The standard InChI is InChI=1S/C19H22N2O4/c1-23-11-10-21-18(13-8-9-16(24-2)17(12-13)25-3)20-15-7-5-4-6-14(15)19(21)22/h4-9,12,18,20H,10-11H2,1-3H3/t18-/m0/s1. The van der Waals surface area contributed by atoms with Gasteiger partial charge in [-0.25, -0.2) is 0 Å². The second-order valence-corrected chi connectivity index (χ2v) is 5.70. The molecule has 25 heavy (non-hydrogen) atoms. The number of nitrogens with one attached hydrogen (secondary N) is 1. The van der Waals surface area contributed by atoms with E-state index in [9.17, 15) is 4.79 Å². The highest BCUT2D eigenvalue weighted by Crippen LogP contribution is 2.36. The minimum absolute atomic E-state index is 0.0221. The number of rotatable bonds is 6. The van der Waals surface area contributed by atoms with E-state index >= 15 is 0 Å². The molecule has 6 heteroatoms. The molecule has 6 nitrogen and oxygen atoms in total. The Morgan fingerprint density at radius 3 is 2.52 bits per heavy atom. The summed E-state index contributed by atoms with van der Waals surface area (Å²) in [6.07, 6.45) is -0.308. The van der Waals surface area contributed by atoms with Crippen molar-refractivity contribution < 1.29 is 19.0 Å². The van der Waals surface area contributed by atoms with E-state index in [1.807, 2.05) is 42.5 Å². The Bertz CT molecular complexity index is 763. The summed E-state index contributed by atoms with van der Waals surface area (Å²) in [6, 6.07) is 13.2. The molecule has 0 unspecified atom stereocenters. The molecule has 1 N–H and O–H groups in total. The van der Waals surface area contributed by atoms with E-state index in [1.54, 1.807) is 26.2 Å². The number of hydrogen-bond donors (Lipinski definition) is 1. The van der Waals surface area contributed by atoms with Gasteiger partial charge in [0.05, 0.1) is 26.4 Å². The summed E-state index contributed by atoms with van der Waals surface area (Å²) in [5.74, 6) is 1.25. The van der Waals surface area contributed by atoms with Crippen molar-refractivity contribution in [2.24, 2.45) is 0 Å². The molecule has 0 saturated carbocycles. The van der Waals surface area contributed by atoms with Gasteiger partial charge in [-0.15, -0.1) is 0 Å². The first-order chi connectivity index (χ1) is 12.2. The van der Waals surface area contributed by atoms with E-state index in [4.69, 9.17) is 14.2 Å². The summed E-state index contributed by atoms with van der Waals surface area (Å²) in [5, 5.41) is 3.44. The van der Waals surface area contributed by atoms with E-state index in [0.29, 0.717) is 30.2 Å². The van der Waals surface area contributed by atoms with Gasteiger partial charge in [0.2, 0.25) is 0 Å². The third-order valence-corrected chi connectivity index (χ3v) is 4.28. The van der Waals surface area contributed by atoms with Crippen LogP contribution in [0.2, 0.25) is 0 Å². The zero-order chi connectivity index (χ0) is 17.8. The fraction of sp³-hybridized carbons (Fsp3) is 0.316. The molecular formula is C19H22N2O4. The van der Waals surface area contributed by atoms with E-state index in [2.05, 4.69) is 5.32 Å². The number of hydrogen-bond acceptors (Lipinski definition) is 5. The molecule has 0 fully saturated rings. The second-order valence-electron chi connectivity index (χ2n) is 5.70. The van der Waals surface area contributed by atoms with Crippen LogP contribution < -0.4 is 14.8 Å². The molecule has 1 heterocycles. The number of ether oxygens (including phenoxy) is 3. The fourth-order valence-corrected chi connectivity index (χ4v) is 3.00. The Hall–Kier alpha value is -2.73. The summed E-state index contributed by atoms with van der Waals surface area (Å²) in [7, 11) is 4.82. The van der Waals surface area contributed by atoms with Crippen LogP contribution in [0.15, 0.2) is 42.5 Å². The monoisotopic (exact) mass is 342 g/mol. The lowest BCUT2D eigenvalue weighted by atomic mass is 10.0. The van der Waals surface area contributed by atoms with Crippen LogP contribution in [0.4, 0.5) is 5.69 Å². The van der Waals surface area contributed by atoms with Gasteiger partial charge >= 0.3 is 0 Å². The lowest BCUT2D eigenvalue weighted by molar-refractivity contribution is 0.0609. The van der Waals surface area contributed by atoms with Gasteiger partial charge in [-0.3, -0.25) is 4.79 Å². The lowest BCUT2D eigenvalue weighted by Crippen LogP contribution is -2.44. The van der Waals surface area contributed by atoms with Crippen molar-refractivity contribution in [3.05, 3.63) is 53.6 Å². The number of fused-ring (bicyclic) bond motifs is 1. The number of carbonyl (C=O) groups excluding carboxylic acids is 1. The Kier molecular flexibility index (Phi) is 5.09. The number of para-hydroxylation sites is 1. The second kappa shape index (κ2) is 7.44. The van der Waals surface area contributed by atoms with Crippen LogP contribution in [0.5, 0.6) is 11.5 Å². The number of anilines is 1. The minimum Gasteiger partial charge on any atom is -0.493 e. The van der Waals surface area contributed by atoms with Crippen LogP contribution in [0.3, 0.4) is 0 Å². The molecule has 1 atom stereocenters. The summed E-state index contributed by atoms with van der Waals surface area (Å²) >= 11 is 0. The molecule has 1 amide bonds. The molecule has 0 spiro atoms. The highest BCUT2D eigenvalue weighted by molar-refractivity contribution is 6.01. The predicted octanol–water partition coefficient (Wildman–Crippen LogP) is 2.92. The van der Waals surface area contributed by atoms with Crippen molar-refractivity contribution in [1.29, 1.82) is 0 Å². The number of methoxy groups -OCH3 is 3. The summed E-state index contributed by atoms with van der Waals surface area (Å²) < 4.78 is 15.9. The van der Waals surface area contributed by atoms with E-state index in [0.717, 1.165) is 11.3 Å². The third kappa shape index (κ3) is 3.25. The molecule has 0 aromatic heterocycles. The Morgan fingerprint density at radius 2 is 1.80 bits per heavy atom. The highest BCUT2D eigenvalue weighted by atomic mass is 16.5. The molecular weight excluding hydrogens is 320 g/mol. The molecule has 2 aromatic rings. The van der Waals surface area contributed by atoms with Crippen molar-refractivity contribution in [1.82, 2.24) is 4.90 Å². The van der Waals surface area contributed by atoms with Crippen LogP contribution >= 0.6 is 0 Å². The summed E-state index contributed by atoms with van der Waals surface area (Å²) in [4.78, 5) is 14.7. The average molecular weight is 342 g/mol. The van der Waals surface area contributed by atoms with Crippen molar-refractivity contribution in [2.75, 3.05) is 39.8 Å². The van der Waals surface area contributed by atoms with E-state index in [-0.39, 0.29) is 12.1 Å². The molecule has 2 aromatic carbocycles. The maximum absolute atomic E-state index is 13.0. The summed E-state index contributed by atoms with van der Waals surface area (Å²) in [6.45, 7) is 0.940. The van der Waals surface area contributed by atoms with Crippen molar-refractivity contribution in [2.45, 2.75) is 6.17 Å². The first-order valence-electron chi connectivity index (χ1n) is 8.07. The Labute approximate surface area is 147 Å². The quantitative estimate of drug-likeness (QED) is 0.875. The number of amides is 1. The first-order valence-corrected chi connectivity index (χ1v) is 8.07. The molecule has 132 valence electrons. The summed E-state index contributed by atoms with van der Waals surface area (Å²) in [5.41, 5.74) is 2.40. The van der Waals surface area contributed by atoms with Gasteiger partial charge < -0.3 is 24.4 Å². The van der Waals surface area contributed by atoms with Crippen molar-refractivity contribution >= 4 is 11.6 Å². The molecule has 0 bridgehead atoms. The third-order valence-electron chi connectivity index (χ3n) is 4.28. The van der Waals surface area contributed by atoms with Gasteiger partial charge in [-0.2, -0.15) is 0 Å². The minimum atomic E-state index is -0.308. The fourth-order valence-electron chi connectivity index (χ4n) is 3.00. The first kappa shape index (κ1) is 17.1. The lowest BCUT2D eigenvalue weighted by Gasteiger charge is -2.38. The van der Waals surface area contributed by atoms with E-state index < -0.39 is 0 Å². The van der Waals surface area contributed by atoms with Crippen LogP contribution in [0, 0.1) is 0 Å². The van der Waals surface area contributed by atoms with Crippen molar-refractivity contribution in [3.63, 3.8) is 0 Å². The maximum atomic E-state index is 13.0. The molecule has 0 aliphatic carbocycles. The smallest absolute Gasteiger partial charge is 0.257 e. The van der Waals surface area contributed by atoms with Crippen LogP contribution in [-0.2, 0) is 4.74 Å². The molecule has 1 aliphatic rings. The SMILES string of the molecule is COCCN1C(=O)c2ccccc2N[C@@H]1c1ccc(OC)c(OC)c1. The zero-order valence-electron chi connectivity index (χ0n) is 14.6. The zero-order valence-corrected chi connectivity index (χ0v) is 14.6. The normalized spacial score (nSPS) is 16.2. The number of nitrogens with zero attached hydrogens (tertiary/aromatic N) is 1. The van der Waals surface area contributed by atoms with E-state index in [1.165, 1.54) is 0 Å². The molecule has 0 saturated heterocycles. The Balaban J connectivity index is 2.01. The van der Waals surface area contributed by atoms with Crippen LogP contribution in [-0.4, -0.2) is 45.3 Å². The van der Waals surface area contributed by atoms with Gasteiger partial charge in [0, 0.05) is 19.3 Å². The predicted molar refractivity (Wildman–Crippen MR) is 95.3 cm³/mol. The van der Waals surface area contributed by atoms with Crippen LogP contribution in [0.25, 0.3) is 0 Å². The van der Waals surface area contributed by atoms with Crippen LogP contribution in [0.1, 0.15) is 22.1 Å². The Morgan fingerprint density at radius 1 is 1.04 bits per heavy atom. The molecule has 0 radical (unpaired) electrons.